The molecule has 0 radical (unpaired) electrons. The molecule has 2 atom stereocenters. The Labute approximate surface area is 80.4 Å². The maximum Gasteiger partial charge on any atom is 0.157 e. The molecule has 3 nitrogen and oxygen atoms in total. The van der Waals surface area contributed by atoms with Crippen molar-refractivity contribution in [1.82, 2.24) is 0 Å². The third-order valence-electron chi connectivity index (χ3n) is 2.28. The Morgan fingerprint density at radius 3 is 2.85 bits per heavy atom. The Kier molecular flexibility index (Phi) is 5.35. The lowest BCUT2D eigenvalue weighted by atomic mass is 10.2. The summed E-state index contributed by atoms with van der Waals surface area (Å²) < 4.78 is 16.1. The molecule has 0 saturated carbocycles. The maximum atomic E-state index is 5.54. The van der Waals surface area contributed by atoms with Gasteiger partial charge in [-0.25, -0.2) is 0 Å². The van der Waals surface area contributed by atoms with Crippen LogP contribution in [0.5, 0.6) is 0 Å². The molecule has 0 spiro atoms. The second-order valence-corrected chi connectivity index (χ2v) is 3.43. The van der Waals surface area contributed by atoms with Gasteiger partial charge < -0.3 is 14.2 Å². The van der Waals surface area contributed by atoms with Crippen molar-refractivity contribution in [3.05, 3.63) is 0 Å². The quantitative estimate of drug-likeness (QED) is 0.596. The third kappa shape index (κ3) is 4.07. The van der Waals surface area contributed by atoms with E-state index < -0.39 is 0 Å². The average molecular weight is 188 g/mol. The Morgan fingerprint density at radius 2 is 2.23 bits per heavy atom. The number of hydrogen-bond acceptors (Lipinski definition) is 3. The average Bonchev–Trinajstić information content (AvgIpc) is 2.60. The molecule has 1 rings (SSSR count). The van der Waals surface area contributed by atoms with Crippen molar-refractivity contribution in [2.45, 2.75) is 45.0 Å². The van der Waals surface area contributed by atoms with Gasteiger partial charge >= 0.3 is 0 Å². The van der Waals surface area contributed by atoms with Gasteiger partial charge in [0.1, 0.15) is 0 Å². The molecule has 0 aromatic rings. The lowest BCUT2D eigenvalue weighted by Crippen LogP contribution is -2.18. The number of ether oxygens (including phenoxy) is 3. The molecule has 13 heavy (non-hydrogen) atoms. The number of unbranched alkanes of at least 4 members (excludes halogenated alkanes) is 1. The van der Waals surface area contributed by atoms with Gasteiger partial charge in [0.15, 0.2) is 6.29 Å². The van der Waals surface area contributed by atoms with Crippen molar-refractivity contribution < 1.29 is 14.2 Å². The largest absolute Gasteiger partial charge is 0.379 e. The second-order valence-electron chi connectivity index (χ2n) is 3.43. The molecule has 1 fully saturated rings. The lowest BCUT2D eigenvalue weighted by molar-refractivity contribution is -0.128. The first-order valence-corrected chi connectivity index (χ1v) is 5.12. The summed E-state index contributed by atoms with van der Waals surface area (Å²) in [6, 6.07) is 0. The van der Waals surface area contributed by atoms with Crippen LogP contribution in [-0.4, -0.2) is 32.7 Å². The van der Waals surface area contributed by atoms with Crippen molar-refractivity contribution in [2.24, 2.45) is 0 Å². The molecule has 1 aliphatic rings. The molecule has 0 N–H and O–H groups in total. The highest BCUT2D eigenvalue weighted by atomic mass is 16.7. The molecule has 0 aromatic carbocycles. The predicted molar refractivity (Wildman–Crippen MR) is 50.6 cm³/mol. The van der Waals surface area contributed by atoms with Crippen LogP contribution in [0.2, 0.25) is 0 Å². The maximum absolute atomic E-state index is 5.54. The summed E-state index contributed by atoms with van der Waals surface area (Å²) >= 11 is 0. The van der Waals surface area contributed by atoms with Crippen molar-refractivity contribution in [3.63, 3.8) is 0 Å². The van der Waals surface area contributed by atoms with E-state index in [1.165, 1.54) is 6.42 Å². The van der Waals surface area contributed by atoms with Crippen molar-refractivity contribution in [3.8, 4) is 0 Å². The summed E-state index contributed by atoms with van der Waals surface area (Å²) in [7, 11) is 1.69. The molecule has 1 heterocycles. The standard InChI is InChI=1S/C10H20O3/c1-3-4-7-12-8-9-5-6-10(11-2)13-9/h9-10H,3-8H2,1-2H3/t9-,10-/m0/s1. The van der Waals surface area contributed by atoms with Crippen molar-refractivity contribution in [2.75, 3.05) is 20.3 Å². The molecule has 1 saturated heterocycles. The fraction of sp³-hybridized carbons (Fsp3) is 1.00. The zero-order valence-electron chi connectivity index (χ0n) is 8.62. The topological polar surface area (TPSA) is 27.7 Å². The molecule has 1 aliphatic heterocycles. The van der Waals surface area contributed by atoms with Crippen molar-refractivity contribution >= 4 is 0 Å². The lowest BCUT2D eigenvalue weighted by Gasteiger charge is -2.12. The number of rotatable bonds is 6. The zero-order valence-corrected chi connectivity index (χ0v) is 8.62. The zero-order chi connectivity index (χ0) is 9.52. The molecule has 3 heteroatoms. The van der Waals surface area contributed by atoms with Crippen LogP contribution in [-0.2, 0) is 14.2 Å². The minimum absolute atomic E-state index is 0.000208. The van der Waals surface area contributed by atoms with E-state index in [1.807, 2.05) is 0 Å². The summed E-state index contributed by atoms with van der Waals surface area (Å²) in [6.07, 6.45) is 4.64. The highest BCUT2D eigenvalue weighted by molar-refractivity contribution is 4.67. The molecule has 0 amide bonds. The minimum Gasteiger partial charge on any atom is -0.379 e. The van der Waals surface area contributed by atoms with Crippen LogP contribution in [0.25, 0.3) is 0 Å². The van der Waals surface area contributed by atoms with Gasteiger partial charge in [0.25, 0.3) is 0 Å². The Morgan fingerprint density at radius 1 is 1.38 bits per heavy atom. The first kappa shape index (κ1) is 11.0. The normalized spacial score (nSPS) is 28.2. The van der Waals surface area contributed by atoms with Gasteiger partial charge in [-0.2, -0.15) is 0 Å². The highest BCUT2D eigenvalue weighted by Gasteiger charge is 2.24. The summed E-state index contributed by atoms with van der Waals surface area (Å²) in [5.74, 6) is 0. The van der Waals surface area contributed by atoms with E-state index in [1.54, 1.807) is 7.11 Å². The first-order chi connectivity index (χ1) is 6.36. The molecule has 0 bridgehead atoms. The number of methoxy groups -OCH3 is 1. The Hall–Kier alpha value is -0.120. The van der Waals surface area contributed by atoms with Gasteiger partial charge in [0.2, 0.25) is 0 Å². The van der Waals surface area contributed by atoms with E-state index in [-0.39, 0.29) is 12.4 Å². The molecular formula is C10H20O3. The molecular weight excluding hydrogens is 168 g/mol. The van der Waals surface area contributed by atoms with Crippen LogP contribution in [0.4, 0.5) is 0 Å². The van der Waals surface area contributed by atoms with Gasteiger partial charge in [-0.1, -0.05) is 13.3 Å². The van der Waals surface area contributed by atoms with Crippen LogP contribution in [0.15, 0.2) is 0 Å². The predicted octanol–water partition coefficient (Wildman–Crippen LogP) is 1.95. The van der Waals surface area contributed by atoms with Gasteiger partial charge in [0.05, 0.1) is 12.7 Å². The van der Waals surface area contributed by atoms with Crippen LogP contribution >= 0.6 is 0 Å². The fourth-order valence-corrected chi connectivity index (χ4v) is 1.43. The van der Waals surface area contributed by atoms with Gasteiger partial charge in [-0.15, -0.1) is 0 Å². The Balaban J connectivity index is 1.97. The fourth-order valence-electron chi connectivity index (χ4n) is 1.43. The number of hydrogen-bond donors (Lipinski definition) is 0. The van der Waals surface area contributed by atoms with Crippen molar-refractivity contribution in [1.29, 1.82) is 0 Å². The first-order valence-electron chi connectivity index (χ1n) is 5.12. The summed E-state index contributed by atoms with van der Waals surface area (Å²) in [4.78, 5) is 0. The van der Waals surface area contributed by atoms with Gasteiger partial charge in [-0.05, 0) is 12.8 Å². The van der Waals surface area contributed by atoms with E-state index in [4.69, 9.17) is 14.2 Å². The van der Waals surface area contributed by atoms with Crippen LogP contribution in [0.3, 0.4) is 0 Å². The van der Waals surface area contributed by atoms with Crippen LogP contribution in [0, 0.1) is 0 Å². The van der Waals surface area contributed by atoms with E-state index in [0.717, 1.165) is 32.5 Å². The molecule has 0 aromatic heterocycles. The second kappa shape index (κ2) is 6.35. The molecule has 0 aliphatic carbocycles. The van der Waals surface area contributed by atoms with Crippen LogP contribution < -0.4 is 0 Å². The summed E-state index contributed by atoms with van der Waals surface area (Å²) in [5.41, 5.74) is 0. The van der Waals surface area contributed by atoms with E-state index in [0.29, 0.717) is 0 Å². The van der Waals surface area contributed by atoms with E-state index in [9.17, 15) is 0 Å². The van der Waals surface area contributed by atoms with E-state index >= 15 is 0 Å². The monoisotopic (exact) mass is 188 g/mol. The summed E-state index contributed by atoms with van der Waals surface area (Å²) in [5, 5.41) is 0. The van der Waals surface area contributed by atoms with E-state index in [2.05, 4.69) is 6.92 Å². The van der Waals surface area contributed by atoms with Crippen LogP contribution in [0.1, 0.15) is 32.6 Å². The molecule has 78 valence electrons. The van der Waals surface area contributed by atoms with Gasteiger partial charge in [-0.3, -0.25) is 0 Å². The Bertz CT molecular complexity index is 127. The molecule has 0 unspecified atom stereocenters. The summed E-state index contributed by atoms with van der Waals surface area (Å²) in [6.45, 7) is 3.74. The van der Waals surface area contributed by atoms with Gasteiger partial charge in [0, 0.05) is 20.1 Å². The third-order valence-corrected chi connectivity index (χ3v) is 2.28. The SMILES string of the molecule is CCCCOC[C@@H]1CC[C@@H](OC)O1. The smallest absolute Gasteiger partial charge is 0.157 e. The minimum atomic E-state index is -0.000208. The highest BCUT2D eigenvalue weighted by Crippen LogP contribution is 2.19.